The van der Waals surface area contributed by atoms with Crippen molar-refractivity contribution < 1.29 is 14.3 Å². The second kappa shape index (κ2) is 5.41. The fraction of sp³-hybridized carbons (Fsp3) is 0.688. The first kappa shape index (κ1) is 16.5. The lowest BCUT2D eigenvalue weighted by molar-refractivity contribution is -0.162. The molecule has 2 rings (SSSR count). The summed E-state index contributed by atoms with van der Waals surface area (Å²) in [6, 6.07) is 1.78. The smallest absolute Gasteiger partial charge is 0.331 e. The molecule has 1 aromatic heterocycles. The van der Waals surface area contributed by atoms with Crippen LogP contribution in [0.1, 0.15) is 57.2 Å². The molecule has 0 saturated carbocycles. The Labute approximate surface area is 131 Å². The molecule has 122 valence electrons. The quantitative estimate of drug-likeness (QED) is 0.802. The number of esters is 1. The molecule has 6 nitrogen and oxygen atoms in total. The highest BCUT2D eigenvalue weighted by molar-refractivity contribution is 5.98. The number of ether oxygens (including phenoxy) is 1. The van der Waals surface area contributed by atoms with Crippen molar-refractivity contribution in [2.24, 2.45) is 0 Å². The molecule has 0 N–H and O–H groups in total. The van der Waals surface area contributed by atoms with Gasteiger partial charge in [0.15, 0.2) is 5.69 Å². The van der Waals surface area contributed by atoms with Crippen LogP contribution in [0.4, 0.5) is 0 Å². The Balaban J connectivity index is 2.24. The van der Waals surface area contributed by atoms with Crippen molar-refractivity contribution in [1.29, 1.82) is 0 Å². The summed E-state index contributed by atoms with van der Waals surface area (Å²) in [6.45, 7) is 12.4. The Bertz CT molecular complexity index is 600. The van der Waals surface area contributed by atoms with Crippen LogP contribution in [0.15, 0.2) is 6.07 Å². The number of amides is 1. The average Bonchev–Trinajstić information content (AvgIpc) is 2.79. The number of carbonyl (C=O) groups is 2. The number of likely N-dealkylation sites (tertiary alicyclic amines) is 1. The molecule has 2 heterocycles. The van der Waals surface area contributed by atoms with Gasteiger partial charge in [-0.2, -0.15) is 5.10 Å². The first-order valence-electron chi connectivity index (χ1n) is 7.67. The van der Waals surface area contributed by atoms with Crippen molar-refractivity contribution in [2.45, 2.75) is 59.0 Å². The Morgan fingerprint density at radius 1 is 1.41 bits per heavy atom. The molecule has 1 fully saturated rings. The van der Waals surface area contributed by atoms with Crippen LogP contribution in [-0.4, -0.2) is 45.2 Å². The summed E-state index contributed by atoms with van der Waals surface area (Å²) in [5, 5.41) is 4.43. The number of aryl methyl sites for hydroxylation is 1. The van der Waals surface area contributed by atoms with Crippen molar-refractivity contribution >= 4 is 11.9 Å². The number of carbonyl (C=O) groups excluding carboxylic acids is 2. The molecule has 1 atom stereocenters. The Hall–Kier alpha value is -1.85. The summed E-state index contributed by atoms with van der Waals surface area (Å²) in [7, 11) is 0. The van der Waals surface area contributed by atoms with Crippen LogP contribution in [0.25, 0.3) is 0 Å². The van der Waals surface area contributed by atoms with E-state index in [-0.39, 0.29) is 17.4 Å². The fourth-order valence-electron chi connectivity index (χ4n) is 2.78. The third-order valence-electron chi connectivity index (χ3n) is 4.12. The minimum Gasteiger partial charge on any atom is -0.464 e. The first-order chi connectivity index (χ1) is 10.1. The topological polar surface area (TPSA) is 64.4 Å². The number of nitrogens with zero attached hydrogens (tertiary/aromatic N) is 3. The highest BCUT2D eigenvalue weighted by Gasteiger charge is 2.51. The van der Waals surface area contributed by atoms with E-state index in [1.54, 1.807) is 24.8 Å². The van der Waals surface area contributed by atoms with E-state index in [2.05, 4.69) is 5.10 Å². The van der Waals surface area contributed by atoms with Gasteiger partial charge in [-0.25, -0.2) is 4.79 Å². The zero-order valence-electron chi connectivity index (χ0n) is 14.3. The van der Waals surface area contributed by atoms with Gasteiger partial charge >= 0.3 is 5.97 Å². The SMILES string of the molecule is CCOC(=O)C1(C)CCN1C(=O)c1cc(C)n(C(C)(C)C)n1. The lowest BCUT2D eigenvalue weighted by Gasteiger charge is -2.47. The standard InChI is InChI=1S/C16H25N3O3/c1-7-22-14(21)16(6)8-9-18(16)13(20)12-10-11(2)19(17-12)15(3,4)5/h10H,7-9H2,1-6H3. The second-order valence-electron chi connectivity index (χ2n) is 6.95. The van der Waals surface area contributed by atoms with Gasteiger partial charge in [-0.1, -0.05) is 0 Å². The van der Waals surface area contributed by atoms with Gasteiger partial charge in [-0.05, 0) is 54.0 Å². The first-order valence-corrected chi connectivity index (χ1v) is 7.67. The highest BCUT2D eigenvalue weighted by Crippen LogP contribution is 2.33. The largest absolute Gasteiger partial charge is 0.464 e. The molecular formula is C16H25N3O3. The summed E-state index contributed by atoms with van der Waals surface area (Å²) in [5.41, 5.74) is 0.242. The fourth-order valence-corrected chi connectivity index (χ4v) is 2.78. The maximum absolute atomic E-state index is 12.7. The predicted molar refractivity (Wildman–Crippen MR) is 82.7 cm³/mol. The van der Waals surface area contributed by atoms with Crippen LogP contribution in [0.5, 0.6) is 0 Å². The summed E-state index contributed by atoms with van der Waals surface area (Å²) in [4.78, 5) is 26.3. The second-order valence-corrected chi connectivity index (χ2v) is 6.95. The van der Waals surface area contributed by atoms with Crippen molar-refractivity contribution in [3.8, 4) is 0 Å². The van der Waals surface area contributed by atoms with E-state index < -0.39 is 5.54 Å². The molecule has 0 radical (unpaired) electrons. The molecule has 0 spiro atoms. The molecule has 0 bridgehead atoms. The van der Waals surface area contributed by atoms with Crippen LogP contribution in [0.3, 0.4) is 0 Å². The third kappa shape index (κ3) is 2.62. The van der Waals surface area contributed by atoms with Gasteiger partial charge in [0, 0.05) is 12.2 Å². The summed E-state index contributed by atoms with van der Waals surface area (Å²) < 4.78 is 6.92. The molecule has 0 aliphatic carbocycles. The average molecular weight is 307 g/mol. The van der Waals surface area contributed by atoms with E-state index in [0.717, 1.165) is 5.69 Å². The van der Waals surface area contributed by atoms with Crippen LogP contribution in [0, 0.1) is 6.92 Å². The number of hydrogen-bond acceptors (Lipinski definition) is 4. The zero-order valence-corrected chi connectivity index (χ0v) is 14.3. The van der Waals surface area contributed by atoms with E-state index in [1.165, 1.54) is 0 Å². The van der Waals surface area contributed by atoms with E-state index in [1.807, 2.05) is 32.4 Å². The zero-order chi connectivity index (χ0) is 16.7. The van der Waals surface area contributed by atoms with Crippen molar-refractivity contribution in [3.05, 3.63) is 17.5 Å². The van der Waals surface area contributed by atoms with Crippen molar-refractivity contribution in [2.75, 3.05) is 13.2 Å². The lowest BCUT2D eigenvalue weighted by atomic mass is 9.86. The van der Waals surface area contributed by atoms with E-state index in [9.17, 15) is 9.59 Å². The van der Waals surface area contributed by atoms with E-state index in [0.29, 0.717) is 25.3 Å². The van der Waals surface area contributed by atoms with Gasteiger partial charge in [-0.3, -0.25) is 9.48 Å². The minimum atomic E-state index is -0.869. The number of rotatable bonds is 3. The minimum absolute atomic E-state index is 0.192. The molecule has 1 aliphatic rings. The van der Waals surface area contributed by atoms with Crippen molar-refractivity contribution in [1.82, 2.24) is 14.7 Å². The monoisotopic (exact) mass is 307 g/mol. The number of aromatic nitrogens is 2. The van der Waals surface area contributed by atoms with Crippen molar-refractivity contribution in [3.63, 3.8) is 0 Å². The van der Waals surface area contributed by atoms with Gasteiger partial charge < -0.3 is 9.64 Å². The lowest BCUT2D eigenvalue weighted by Crippen LogP contribution is -2.65. The van der Waals surface area contributed by atoms with Crippen LogP contribution < -0.4 is 0 Å². The molecule has 1 unspecified atom stereocenters. The molecule has 1 aliphatic heterocycles. The Morgan fingerprint density at radius 3 is 2.45 bits per heavy atom. The van der Waals surface area contributed by atoms with E-state index >= 15 is 0 Å². The van der Waals surface area contributed by atoms with Crippen LogP contribution >= 0.6 is 0 Å². The highest BCUT2D eigenvalue weighted by atomic mass is 16.5. The molecule has 1 amide bonds. The summed E-state index contributed by atoms with van der Waals surface area (Å²) >= 11 is 0. The normalized spacial score (nSPS) is 21.5. The Morgan fingerprint density at radius 2 is 2.05 bits per heavy atom. The molecule has 0 aromatic carbocycles. The van der Waals surface area contributed by atoms with Gasteiger partial charge in [0.1, 0.15) is 5.54 Å². The van der Waals surface area contributed by atoms with E-state index in [4.69, 9.17) is 4.74 Å². The Kier molecular flexibility index (Phi) is 4.06. The summed E-state index contributed by atoms with van der Waals surface area (Å²) in [6.07, 6.45) is 0.622. The van der Waals surface area contributed by atoms with Crippen LogP contribution in [0.2, 0.25) is 0 Å². The van der Waals surface area contributed by atoms with Gasteiger partial charge in [0.05, 0.1) is 12.1 Å². The predicted octanol–water partition coefficient (Wildman–Crippen LogP) is 2.11. The van der Waals surface area contributed by atoms with Crippen LogP contribution in [-0.2, 0) is 15.1 Å². The number of hydrogen-bond donors (Lipinski definition) is 0. The molecule has 22 heavy (non-hydrogen) atoms. The van der Waals surface area contributed by atoms with Gasteiger partial charge in [0.25, 0.3) is 5.91 Å². The summed E-state index contributed by atoms with van der Waals surface area (Å²) in [5.74, 6) is -0.561. The maximum Gasteiger partial charge on any atom is 0.331 e. The molecule has 6 heteroatoms. The molecular weight excluding hydrogens is 282 g/mol. The molecule has 1 aromatic rings. The third-order valence-corrected chi connectivity index (χ3v) is 4.12. The van der Waals surface area contributed by atoms with Gasteiger partial charge in [0.2, 0.25) is 0 Å². The van der Waals surface area contributed by atoms with Gasteiger partial charge in [-0.15, -0.1) is 0 Å². The molecule has 1 saturated heterocycles. The maximum atomic E-state index is 12.7.